The number of amides is 1. The first-order chi connectivity index (χ1) is 15.3. The summed E-state index contributed by atoms with van der Waals surface area (Å²) in [4.78, 5) is 37.6. The molecule has 1 saturated heterocycles. The number of methoxy groups -OCH3 is 1. The van der Waals surface area contributed by atoms with Crippen LogP contribution in [0.2, 0.25) is 0 Å². The fourth-order valence-electron chi connectivity index (χ4n) is 3.77. The number of aliphatic hydroxyl groups is 1. The Kier molecular flexibility index (Phi) is 7.25. The van der Waals surface area contributed by atoms with Gasteiger partial charge in [-0.05, 0) is 43.2 Å². The van der Waals surface area contributed by atoms with Crippen LogP contribution in [0.1, 0.15) is 42.9 Å². The number of nitrogens with zero attached hydrogens (tertiary/aromatic N) is 1. The van der Waals surface area contributed by atoms with Crippen molar-refractivity contribution in [3.8, 4) is 5.75 Å². The third-order valence-electron chi connectivity index (χ3n) is 5.39. The van der Waals surface area contributed by atoms with Crippen molar-refractivity contribution in [2.24, 2.45) is 0 Å². The van der Waals surface area contributed by atoms with Crippen LogP contribution in [0.5, 0.6) is 5.75 Å². The van der Waals surface area contributed by atoms with Gasteiger partial charge in [0.2, 0.25) is 0 Å². The summed E-state index contributed by atoms with van der Waals surface area (Å²) < 4.78 is 19.8. The maximum atomic E-state index is 14.7. The number of ether oxygens (including phenoxy) is 1. The van der Waals surface area contributed by atoms with Gasteiger partial charge in [-0.2, -0.15) is 0 Å². The minimum absolute atomic E-state index is 0.00697. The van der Waals surface area contributed by atoms with E-state index in [1.54, 1.807) is 30.3 Å². The number of hydrogen-bond acceptors (Lipinski definition) is 5. The Morgan fingerprint density at radius 1 is 1.03 bits per heavy atom. The molecule has 0 saturated carbocycles. The molecule has 2 aromatic rings. The molecular weight excluding hydrogens is 417 g/mol. The topological polar surface area (TPSA) is 104 Å². The van der Waals surface area contributed by atoms with Gasteiger partial charge in [0.05, 0.1) is 18.7 Å². The first-order valence-electron chi connectivity index (χ1n) is 10.2. The third kappa shape index (κ3) is 4.80. The number of carbonyl (C=O) groups excluding carboxylic acids is 2. The zero-order valence-electron chi connectivity index (χ0n) is 17.6. The molecule has 7 nitrogen and oxygen atoms in total. The van der Waals surface area contributed by atoms with Gasteiger partial charge in [-0.25, -0.2) is 4.39 Å². The summed E-state index contributed by atoms with van der Waals surface area (Å²) in [6.45, 7) is 0.128. The lowest BCUT2D eigenvalue weighted by atomic mass is 9.95. The van der Waals surface area contributed by atoms with Crippen LogP contribution in [0.25, 0.3) is 5.76 Å². The van der Waals surface area contributed by atoms with Crippen LogP contribution in [0.3, 0.4) is 0 Å². The van der Waals surface area contributed by atoms with E-state index in [1.165, 1.54) is 30.2 Å². The number of ketones is 1. The number of halogens is 1. The van der Waals surface area contributed by atoms with Gasteiger partial charge in [0.1, 0.15) is 17.3 Å². The summed E-state index contributed by atoms with van der Waals surface area (Å²) in [5, 5.41) is 19.7. The van der Waals surface area contributed by atoms with Gasteiger partial charge in [-0.15, -0.1) is 0 Å². The first-order valence-corrected chi connectivity index (χ1v) is 10.2. The summed E-state index contributed by atoms with van der Waals surface area (Å²) in [6.07, 6.45) is 1.40. The molecule has 2 N–H and O–H groups in total. The van der Waals surface area contributed by atoms with Crippen molar-refractivity contribution < 1.29 is 33.7 Å². The Hall–Kier alpha value is -3.68. The highest BCUT2D eigenvalue weighted by Crippen LogP contribution is 2.40. The number of likely N-dealkylation sites (tertiary alicyclic amines) is 1. The molecule has 1 aliphatic heterocycles. The summed E-state index contributed by atoms with van der Waals surface area (Å²) in [6, 6.07) is 11.0. The molecule has 1 atom stereocenters. The Morgan fingerprint density at radius 3 is 2.34 bits per heavy atom. The summed E-state index contributed by atoms with van der Waals surface area (Å²) in [5.41, 5.74) is 0.217. The van der Waals surface area contributed by atoms with Crippen molar-refractivity contribution in [3.63, 3.8) is 0 Å². The van der Waals surface area contributed by atoms with Gasteiger partial charge >= 0.3 is 5.97 Å². The smallest absolute Gasteiger partial charge is 0.303 e. The molecule has 1 amide bonds. The number of aliphatic hydroxyl groups excluding tert-OH is 1. The van der Waals surface area contributed by atoms with Crippen LogP contribution in [0.15, 0.2) is 54.1 Å². The number of aliphatic carboxylic acids is 1. The normalized spacial score (nSPS) is 17.6. The number of unbranched alkanes of at least 4 members (excludes halogenated alkanes) is 2. The van der Waals surface area contributed by atoms with E-state index in [0.717, 1.165) is 0 Å². The number of carbonyl (C=O) groups is 3. The average Bonchev–Trinajstić information content (AvgIpc) is 3.03. The highest BCUT2D eigenvalue weighted by Gasteiger charge is 2.46. The second kappa shape index (κ2) is 10.1. The van der Waals surface area contributed by atoms with Crippen LogP contribution in [-0.2, 0) is 14.4 Å². The molecule has 1 unspecified atom stereocenters. The van der Waals surface area contributed by atoms with E-state index in [1.807, 2.05) is 0 Å². The summed E-state index contributed by atoms with van der Waals surface area (Å²) in [5.74, 6) is -3.07. The summed E-state index contributed by atoms with van der Waals surface area (Å²) >= 11 is 0. The van der Waals surface area contributed by atoms with Gasteiger partial charge in [0.25, 0.3) is 11.7 Å². The zero-order valence-corrected chi connectivity index (χ0v) is 17.6. The molecule has 168 valence electrons. The van der Waals surface area contributed by atoms with Crippen LogP contribution in [0.4, 0.5) is 4.39 Å². The highest BCUT2D eigenvalue weighted by atomic mass is 19.1. The minimum atomic E-state index is -1.09. The molecule has 0 spiro atoms. The largest absolute Gasteiger partial charge is 0.507 e. The Balaban J connectivity index is 1.99. The Morgan fingerprint density at radius 2 is 1.72 bits per heavy atom. The number of Topliss-reactive ketones (excluding diaryl/α,β-unsaturated/α-hetero) is 1. The number of hydrogen-bond donors (Lipinski definition) is 2. The zero-order chi connectivity index (χ0) is 23.3. The van der Waals surface area contributed by atoms with E-state index in [4.69, 9.17) is 9.84 Å². The van der Waals surface area contributed by atoms with Crippen molar-refractivity contribution in [1.29, 1.82) is 0 Å². The van der Waals surface area contributed by atoms with Gasteiger partial charge in [-0.3, -0.25) is 14.4 Å². The van der Waals surface area contributed by atoms with E-state index in [-0.39, 0.29) is 24.1 Å². The van der Waals surface area contributed by atoms with E-state index in [0.29, 0.717) is 30.6 Å². The van der Waals surface area contributed by atoms with Crippen LogP contribution >= 0.6 is 0 Å². The Bertz CT molecular complexity index is 1050. The van der Waals surface area contributed by atoms with E-state index < -0.39 is 35.3 Å². The quantitative estimate of drug-likeness (QED) is 0.265. The number of rotatable bonds is 9. The molecule has 1 aliphatic rings. The van der Waals surface area contributed by atoms with Gasteiger partial charge in [0, 0.05) is 24.1 Å². The van der Waals surface area contributed by atoms with Crippen molar-refractivity contribution in [2.45, 2.75) is 31.7 Å². The maximum Gasteiger partial charge on any atom is 0.303 e. The van der Waals surface area contributed by atoms with Gasteiger partial charge in [-0.1, -0.05) is 24.6 Å². The molecule has 2 aromatic carbocycles. The van der Waals surface area contributed by atoms with Crippen LogP contribution in [-0.4, -0.2) is 46.4 Å². The monoisotopic (exact) mass is 441 g/mol. The molecule has 3 rings (SSSR count). The predicted octanol–water partition coefficient (Wildman–Crippen LogP) is 3.90. The molecule has 1 fully saturated rings. The minimum Gasteiger partial charge on any atom is -0.507 e. The second-order valence-corrected chi connectivity index (χ2v) is 7.45. The third-order valence-corrected chi connectivity index (χ3v) is 5.39. The Labute approximate surface area is 184 Å². The van der Waals surface area contributed by atoms with E-state index in [2.05, 4.69) is 0 Å². The molecular formula is C24H24FNO6. The lowest BCUT2D eigenvalue weighted by Gasteiger charge is -2.25. The lowest BCUT2D eigenvalue weighted by Crippen LogP contribution is -2.31. The van der Waals surface area contributed by atoms with Gasteiger partial charge in [0.15, 0.2) is 0 Å². The van der Waals surface area contributed by atoms with Gasteiger partial charge < -0.3 is 19.8 Å². The molecule has 32 heavy (non-hydrogen) atoms. The molecule has 0 radical (unpaired) electrons. The summed E-state index contributed by atoms with van der Waals surface area (Å²) in [7, 11) is 1.50. The van der Waals surface area contributed by atoms with Crippen LogP contribution < -0.4 is 4.74 Å². The molecule has 0 aliphatic carbocycles. The second-order valence-electron chi connectivity index (χ2n) is 7.45. The standard InChI is InChI=1S/C24H24FNO6/c1-32-16-12-10-15(11-13-16)22(29)20-21(17-7-4-5-8-18(17)25)26(24(31)23(20)30)14-6-2-3-9-19(27)28/h4-5,7-8,10-13,21,29H,2-3,6,9,14H2,1H3,(H,27,28)/b22-20+. The van der Waals surface area contributed by atoms with Crippen molar-refractivity contribution in [2.75, 3.05) is 13.7 Å². The molecule has 1 heterocycles. The maximum absolute atomic E-state index is 14.7. The van der Waals surface area contributed by atoms with Crippen molar-refractivity contribution in [3.05, 3.63) is 71.0 Å². The SMILES string of the molecule is COc1ccc(/C(O)=C2\C(=O)C(=O)N(CCCCCC(=O)O)C2c2ccccc2F)cc1. The predicted molar refractivity (Wildman–Crippen MR) is 115 cm³/mol. The molecule has 0 aromatic heterocycles. The average molecular weight is 441 g/mol. The number of benzene rings is 2. The lowest BCUT2D eigenvalue weighted by molar-refractivity contribution is -0.140. The van der Waals surface area contributed by atoms with E-state index >= 15 is 0 Å². The number of carboxylic acid groups (broad SMARTS) is 1. The fourth-order valence-corrected chi connectivity index (χ4v) is 3.77. The number of carboxylic acids is 1. The highest BCUT2D eigenvalue weighted by molar-refractivity contribution is 6.46. The fraction of sp³-hybridized carbons (Fsp3) is 0.292. The van der Waals surface area contributed by atoms with Crippen molar-refractivity contribution >= 4 is 23.4 Å². The first kappa shape index (κ1) is 23.0. The molecule has 0 bridgehead atoms. The van der Waals surface area contributed by atoms with Crippen LogP contribution in [0, 0.1) is 5.82 Å². The van der Waals surface area contributed by atoms with Crippen molar-refractivity contribution in [1.82, 2.24) is 4.90 Å². The molecule has 8 heteroatoms. The van der Waals surface area contributed by atoms with E-state index in [9.17, 15) is 23.9 Å².